The van der Waals surface area contributed by atoms with Gasteiger partial charge in [0.1, 0.15) is 24.4 Å². The van der Waals surface area contributed by atoms with Crippen LogP contribution < -0.4 is 15.0 Å². The van der Waals surface area contributed by atoms with Crippen LogP contribution in [0.1, 0.15) is 25.5 Å². The van der Waals surface area contributed by atoms with Gasteiger partial charge in [0.2, 0.25) is 11.9 Å². The van der Waals surface area contributed by atoms with Gasteiger partial charge in [-0.15, -0.1) is 0 Å². The molecular formula is C21H21N5O3. The lowest BCUT2D eigenvalue weighted by Crippen LogP contribution is -2.32. The summed E-state index contributed by atoms with van der Waals surface area (Å²) in [7, 11) is 0. The number of carbonyl (C=O) groups is 1. The molecule has 1 amide bonds. The maximum Gasteiger partial charge on any atom is 0.417 e. The van der Waals surface area contributed by atoms with Gasteiger partial charge in [-0.25, -0.2) is 19.7 Å². The standard InChI is InChI=1S/C21H21N5O3/c1-14-12-28-21(27)26(14)20-23-13-22-19(25-20)24-15(2)16-8-10-18(11-9-16)29-17-6-4-3-5-7-17/h3-11,13-15H,12H2,1-2H3,(H,22,23,24,25)/t14-,15-/m0/s1. The van der Waals surface area contributed by atoms with Crippen molar-refractivity contribution in [2.24, 2.45) is 0 Å². The van der Waals surface area contributed by atoms with Gasteiger partial charge in [0, 0.05) is 0 Å². The molecule has 0 aliphatic carbocycles. The van der Waals surface area contributed by atoms with Crippen LogP contribution in [0.5, 0.6) is 11.5 Å². The molecule has 0 spiro atoms. The van der Waals surface area contributed by atoms with Crippen LogP contribution in [0, 0.1) is 0 Å². The van der Waals surface area contributed by atoms with E-state index >= 15 is 0 Å². The number of para-hydroxylation sites is 1. The van der Waals surface area contributed by atoms with E-state index in [0.29, 0.717) is 12.6 Å². The molecule has 3 aromatic rings. The number of amides is 1. The smallest absolute Gasteiger partial charge is 0.417 e. The van der Waals surface area contributed by atoms with Crippen LogP contribution in [0.4, 0.5) is 16.7 Å². The second-order valence-corrected chi connectivity index (χ2v) is 6.76. The summed E-state index contributed by atoms with van der Waals surface area (Å²) in [5.74, 6) is 2.21. The number of hydrogen-bond acceptors (Lipinski definition) is 7. The fourth-order valence-electron chi connectivity index (χ4n) is 2.99. The summed E-state index contributed by atoms with van der Waals surface area (Å²) in [5, 5.41) is 3.24. The van der Waals surface area contributed by atoms with Gasteiger partial charge in [-0.1, -0.05) is 30.3 Å². The average Bonchev–Trinajstić information content (AvgIpc) is 3.07. The highest BCUT2D eigenvalue weighted by molar-refractivity contribution is 5.88. The summed E-state index contributed by atoms with van der Waals surface area (Å²) in [4.78, 5) is 25.9. The van der Waals surface area contributed by atoms with Crippen LogP contribution in [0.2, 0.25) is 0 Å². The molecule has 29 heavy (non-hydrogen) atoms. The number of nitrogens with zero attached hydrogens (tertiary/aromatic N) is 4. The second kappa shape index (κ2) is 8.14. The van der Waals surface area contributed by atoms with E-state index in [9.17, 15) is 4.79 Å². The van der Waals surface area contributed by atoms with Gasteiger partial charge >= 0.3 is 6.09 Å². The van der Waals surface area contributed by atoms with Crippen LogP contribution in [0.15, 0.2) is 60.9 Å². The van der Waals surface area contributed by atoms with Gasteiger partial charge < -0.3 is 14.8 Å². The van der Waals surface area contributed by atoms with Crippen molar-refractivity contribution in [1.29, 1.82) is 0 Å². The van der Waals surface area contributed by atoms with E-state index in [-0.39, 0.29) is 18.0 Å². The fraction of sp³-hybridized carbons (Fsp3) is 0.238. The maximum absolute atomic E-state index is 11.9. The van der Waals surface area contributed by atoms with E-state index in [1.54, 1.807) is 0 Å². The fourth-order valence-corrected chi connectivity index (χ4v) is 2.99. The maximum atomic E-state index is 11.9. The van der Waals surface area contributed by atoms with Gasteiger partial charge in [-0.3, -0.25) is 0 Å². The first kappa shape index (κ1) is 18.7. The van der Waals surface area contributed by atoms with Crippen LogP contribution in [0.25, 0.3) is 0 Å². The van der Waals surface area contributed by atoms with Gasteiger partial charge in [0.05, 0.1) is 12.1 Å². The summed E-state index contributed by atoms with van der Waals surface area (Å²) in [6.45, 7) is 4.20. The summed E-state index contributed by atoms with van der Waals surface area (Å²) in [6, 6.07) is 17.3. The predicted molar refractivity (Wildman–Crippen MR) is 108 cm³/mol. The highest BCUT2D eigenvalue weighted by atomic mass is 16.6. The van der Waals surface area contributed by atoms with E-state index in [1.807, 2.05) is 68.4 Å². The zero-order valence-corrected chi connectivity index (χ0v) is 16.1. The molecule has 1 aliphatic rings. The van der Waals surface area contributed by atoms with Gasteiger partial charge in [-0.05, 0) is 43.7 Å². The first-order valence-electron chi connectivity index (χ1n) is 9.34. The Morgan fingerprint density at radius 1 is 1.10 bits per heavy atom. The Hall–Kier alpha value is -3.68. The van der Waals surface area contributed by atoms with Crippen molar-refractivity contribution >= 4 is 18.0 Å². The lowest BCUT2D eigenvalue weighted by atomic mass is 10.1. The van der Waals surface area contributed by atoms with Gasteiger partial charge in [-0.2, -0.15) is 4.98 Å². The van der Waals surface area contributed by atoms with Crippen molar-refractivity contribution in [3.05, 3.63) is 66.5 Å². The van der Waals surface area contributed by atoms with Crippen molar-refractivity contribution in [2.75, 3.05) is 16.8 Å². The number of aromatic nitrogens is 3. The molecular weight excluding hydrogens is 370 g/mol. The van der Waals surface area contributed by atoms with E-state index in [1.165, 1.54) is 11.2 Å². The Morgan fingerprint density at radius 2 is 1.83 bits per heavy atom. The van der Waals surface area contributed by atoms with Crippen LogP contribution in [-0.4, -0.2) is 33.7 Å². The van der Waals surface area contributed by atoms with Gasteiger partial charge in [0.25, 0.3) is 0 Å². The molecule has 0 unspecified atom stereocenters. The Kier molecular flexibility index (Phi) is 5.24. The molecule has 0 saturated carbocycles. The minimum Gasteiger partial charge on any atom is -0.457 e. The number of rotatable bonds is 6. The van der Waals surface area contributed by atoms with E-state index < -0.39 is 6.09 Å². The van der Waals surface area contributed by atoms with E-state index in [4.69, 9.17) is 9.47 Å². The normalized spacial score (nSPS) is 17.0. The summed E-state index contributed by atoms with van der Waals surface area (Å²) >= 11 is 0. The number of benzene rings is 2. The Balaban J connectivity index is 1.43. The molecule has 0 radical (unpaired) electrons. The number of nitrogens with one attached hydrogen (secondary N) is 1. The van der Waals surface area contributed by atoms with Crippen molar-refractivity contribution in [2.45, 2.75) is 25.9 Å². The number of carbonyl (C=O) groups excluding carboxylic acids is 1. The highest BCUT2D eigenvalue weighted by Gasteiger charge is 2.33. The predicted octanol–water partition coefficient (Wildman–Crippen LogP) is 4.18. The molecule has 1 aliphatic heterocycles. The number of hydrogen-bond donors (Lipinski definition) is 1. The molecule has 1 fully saturated rings. The molecule has 0 bridgehead atoms. The van der Waals surface area contributed by atoms with Gasteiger partial charge in [0.15, 0.2) is 0 Å². The minimum atomic E-state index is -0.447. The van der Waals surface area contributed by atoms with Crippen molar-refractivity contribution < 1.29 is 14.3 Å². The lowest BCUT2D eigenvalue weighted by molar-refractivity contribution is 0.179. The molecule has 1 aromatic heterocycles. The Labute approximate surface area is 168 Å². The first-order chi connectivity index (χ1) is 14.1. The number of anilines is 2. The molecule has 1 saturated heterocycles. The van der Waals surface area contributed by atoms with E-state index in [2.05, 4.69) is 20.3 Å². The lowest BCUT2D eigenvalue weighted by Gasteiger charge is -2.18. The van der Waals surface area contributed by atoms with Crippen LogP contribution in [-0.2, 0) is 4.74 Å². The third-order valence-corrected chi connectivity index (χ3v) is 4.56. The SMILES string of the molecule is C[C@H](Nc1ncnc(N2C(=O)OC[C@@H]2C)n1)c1ccc(Oc2ccccc2)cc1. The summed E-state index contributed by atoms with van der Waals surface area (Å²) in [6.07, 6.45) is 0.934. The third kappa shape index (κ3) is 4.26. The van der Waals surface area contributed by atoms with Crippen molar-refractivity contribution in [3.63, 3.8) is 0 Å². The summed E-state index contributed by atoms with van der Waals surface area (Å²) < 4.78 is 10.9. The van der Waals surface area contributed by atoms with E-state index in [0.717, 1.165) is 17.1 Å². The quantitative estimate of drug-likeness (QED) is 0.674. The zero-order valence-electron chi connectivity index (χ0n) is 16.1. The third-order valence-electron chi connectivity index (χ3n) is 4.56. The minimum absolute atomic E-state index is 0.0565. The monoisotopic (exact) mass is 391 g/mol. The van der Waals surface area contributed by atoms with Crippen molar-refractivity contribution in [1.82, 2.24) is 15.0 Å². The molecule has 4 rings (SSSR count). The molecule has 2 heterocycles. The number of ether oxygens (including phenoxy) is 2. The molecule has 2 aromatic carbocycles. The average molecular weight is 391 g/mol. The highest BCUT2D eigenvalue weighted by Crippen LogP contribution is 2.25. The Bertz CT molecular complexity index is 981. The summed E-state index contributed by atoms with van der Waals surface area (Å²) in [5.41, 5.74) is 1.04. The molecule has 148 valence electrons. The largest absolute Gasteiger partial charge is 0.457 e. The first-order valence-corrected chi connectivity index (χ1v) is 9.34. The topological polar surface area (TPSA) is 89.5 Å². The molecule has 8 nitrogen and oxygen atoms in total. The molecule has 2 atom stereocenters. The second-order valence-electron chi connectivity index (χ2n) is 6.76. The van der Waals surface area contributed by atoms with Crippen LogP contribution >= 0.6 is 0 Å². The number of cyclic esters (lactones) is 1. The van der Waals surface area contributed by atoms with Crippen LogP contribution in [0.3, 0.4) is 0 Å². The molecule has 8 heteroatoms. The van der Waals surface area contributed by atoms with Crippen molar-refractivity contribution in [3.8, 4) is 11.5 Å². The zero-order chi connectivity index (χ0) is 20.2. The molecule has 1 N–H and O–H groups in total. The Morgan fingerprint density at radius 3 is 2.52 bits per heavy atom.